The van der Waals surface area contributed by atoms with Gasteiger partial charge < -0.3 is 15.2 Å². The SMILES string of the molecule is COC(=O)C[C@H](N)c1ccc(OC)nc1.Cl. The Hall–Kier alpha value is -1.33. The lowest BCUT2D eigenvalue weighted by Crippen LogP contribution is -2.16. The number of aromatic nitrogens is 1. The van der Waals surface area contributed by atoms with Crippen LogP contribution in [0.3, 0.4) is 0 Å². The van der Waals surface area contributed by atoms with Crippen molar-refractivity contribution in [2.24, 2.45) is 5.73 Å². The lowest BCUT2D eigenvalue weighted by atomic mass is 10.1. The summed E-state index contributed by atoms with van der Waals surface area (Å²) in [5, 5.41) is 0. The number of carbonyl (C=O) groups excluding carboxylic acids is 1. The number of methoxy groups -OCH3 is 2. The average molecular weight is 247 g/mol. The van der Waals surface area contributed by atoms with E-state index in [0.717, 1.165) is 5.56 Å². The standard InChI is InChI=1S/C10H14N2O3.ClH/c1-14-9-4-3-7(6-12-9)8(11)5-10(13)15-2;/h3-4,6,8H,5,11H2,1-2H3;1H/t8-;/m0./s1. The molecule has 0 radical (unpaired) electrons. The van der Waals surface area contributed by atoms with Gasteiger partial charge in [-0.2, -0.15) is 0 Å². The van der Waals surface area contributed by atoms with E-state index in [-0.39, 0.29) is 24.8 Å². The Labute approximate surface area is 100 Å². The Morgan fingerprint density at radius 3 is 2.62 bits per heavy atom. The van der Waals surface area contributed by atoms with Crippen LogP contribution in [-0.2, 0) is 9.53 Å². The fourth-order valence-corrected chi connectivity index (χ4v) is 1.11. The second-order valence-electron chi connectivity index (χ2n) is 3.02. The third-order valence-corrected chi connectivity index (χ3v) is 2.01. The zero-order valence-corrected chi connectivity index (χ0v) is 9.99. The molecule has 0 aliphatic rings. The van der Waals surface area contributed by atoms with Gasteiger partial charge >= 0.3 is 5.97 Å². The normalized spacial score (nSPS) is 11.2. The van der Waals surface area contributed by atoms with Gasteiger partial charge in [-0.3, -0.25) is 4.79 Å². The van der Waals surface area contributed by atoms with Gasteiger partial charge in [0, 0.05) is 18.3 Å². The fraction of sp³-hybridized carbons (Fsp3) is 0.400. The lowest BCUT2D eigenvalue weighted by molar-refractivity contribution is -0.141. The van der Waals surface area contributed by atoms with Crippen LogP contribution in [0.25, 0.3) is 0 Å². The van der Waals surface area contributed by atoms with Crippen molar-refractivity contribution in [1.82, 2.24) is 4.98 Å². The number of rotatable bonds is 4. The summed E-state index contributed by atoms with van der Waals surface area (Å²) in [4.78, 5) is 15.0. The highest BCUT2D eigenvalue weighted by molar-refractivity contribution is 5.85. The van der Waals surface area contributed by atoms with Crippen LogP contribution in [0.5, 0.6) is 5.88 Å². The van der Waals surface area contributed by atoms with Gasteiger partial charge in [-0.15, -0.1) is 12.4 Å². The van der Waals surface area contributed by atoms with E-state index in [1.165, 1.54) is 14.2 Å². The number of esters is 1. The molecule has 0 aliphatic carbocycles. The van der Waals surface area contributed by atoms with E-state index in [4.69, 9.17) is 10.5 Å². The number of nitrogens with two attached hydrogens (primary N) is 1. The molecule has 0 spiro atoms. The van der Waals surface area contributed by atoms with Crippen molar-refractivity contribution in [3.05, 3.63) is 23.9 Å². The molecule has 0 saturated heterocycles. The highest BCUT2D eigenvalue weighted by Crippen LogP contribution is 2.15. The minimum atomic E-state index is -0.393. The molecule has 1 aromatic rings. The molecule has 1 rings (SSSR count). The molecule has 1 atom stereocenters. The summed E-state index contributed by atoms with van der Waals surface area (Å²) < 4.78 is 9.43. The molecular formula is C10H15ClN2O3. The van der Waals surface area contributed by atoms with Gasteiger partial charge in [-0.05, 0) is 5.56 Å². The van der Waals surface area contributed by atoms with Gasteiger partial charge in [0.1, 0.15) is 0 Å². The third-order valence-electron chi connectivity index (χ3n) is 2.01. The smallest absolute Gasteiger partial charge is 0.307 e. The molecule has 16 heavy (non-hydrogen) atoms. The number of carbonyl (C=O) groups is 1. The zero-order valence-electron chi connectivity index (χ0n) is 9.17. The monoisotopic (exact) mass is 246 g/mol. The van der Waals surface area contributed by atoms with Crippen molar-refractivity contribution >= 4 is 18.4 Å². The van der Waals surface area contributed by atoms with Gasteiger partial charge in [0.15, 0.2) is 0 Å². The fourth-order valence-electron chi connectivity index (χ4n) is 1.11. The van der Waals surface area contributed by atoms with Crippen LogP contribution in [0, 0.1) is 0 Å². The Morgan fingerprint density at radius 1 is 1.50 bits per heavy atom. The number of halogens is 1. The molecule has 2 N–H and O–H groups in total. The van der Waals surface area contributed by atoms with Gasteiger partial charge in [0.25, 0.3) is 0 Å². The van der Waals surface area contributed by atoms with Gasteiger partial charge in [-0.25, -0.2) is 4.98 Å². The molecule has 1 aromatic heterocycles. The molecule has 0 bridgehead atoms. The first-order valence-corrected chi connectivity index (χ1v) is 4.49. The molecule has 0 unspecified atom stereocenters. The summed E-state index contributed by atoms with van der Waals surface area (Å²) in [6, 6.07) is 3.09. The summed E-state index contributed by atoms with van der Waals surface area (Å²) in [7, 11) is 2.87. The van der Waals surface area contributed by atoms with Gasteiger partial charge in [0.05, 0.1) is 20.6 Å². The Kier molecular flexibility index (Phi) is 6.44. The molecule has 5 nitrogen and oxygen atoms in total. The molecular weight excluding hydrogens is 232 g/mol. The molecule has 0 aromatic carbocycles. The highest BCUT2D eigenvalue weighted by atomic mass is 35.5. The Morgan fingerprint density at radius 2 is 2.19 bits per heavy atom. The second kappa shape index (κ2) is 7.03. The first kappa shape index (κ1) is 14.7. The largest absolute Gasteiger partial charge is 0.481 e. The molecule has 6 heteroatoms. The molecule has 0 saturated carbocycles. The van der Waals surface area contributed by atoms with Crippen LogP contribution in [0.15, 0.2) is 18.3 Å². The predicted octanol–water partition coefficient (Wildman–Crippen LogP) is 1.07. The van der Waals surface area contributed by atoms with Crippen molar-refractivity contribution in [3.63, 3.8) is 0 Å². The van der Waals surface area contributed by atoms with Crippen molar-refractivity contribution in [2.75, 3.05) is 14.2 Å². The summed E-state index contributed by atoms with van der Waals surface area (Å²) in [5.74, 6) is 0.183. The maximum atomic E-state index is 11.0. The summed E-state index contributed by atoms with van der Waals surface area (Å²) in [6.45, 7) is 0. The zero-order chi connectivity index (χ0) is 11.3. The topological polar surface area (TPSA) is 74.4 Å². The number of nitrogens with zero attached hydrogens (tertiary/aromatic N) is 1. The van der Waals surface area contributed by atoms with Crippen molar-refractivity contribution in [3.8, 4) is 5.88 Å². The van der Waals surface area contributed by atoms with E-state index in [9.17, 15) is 4.79 Å². The molecule has 0 amide bonds. The molecule has 0 aliphatic heterocycles. The lowest BCUT2D eigenvalue weighted by Gasteiger charge is -2.10. The van der Waals surface area contributed by atoms with Gasteiger partial charge in [-0.1, -0.05) is 6.07 Å². The first-order chi connectivity index (χ1) is 7.17. The quantitative estimate of drug-likeness (QED) is 0.805. The summed E-state index contributed by atoms with van der Waals surface area (Å²) >= 11 is 0. The minimum absolute atomic E-state index is 0. The van der Waals surface area contributed by atoms with Crippen LogP contribution in [0.4, 0.5) is 0 Å². The number of hydrogen-bond acceptors (Lipinski definition) is 5. The summed E-state index contributed by atoms with van der Waals surface area (Å²) in [6.07, 6.45) is 1.73. The number of hydrogen-bond donors (Lipinski definition) is 1. The van der Waals surface area contributed by atoms with E-state index in [0.29, 0.717) is 5.88 Å². The van der Waals surface area contributed by atoms with Crippen LogP contribution < -0.4 is 10.5 Å². The van der Waals surface area contributed by atoms with Crippen molar-refractivity contribution in [2.45, 2.75) is 12.5 Å². The first-order valence-electron chi connectivity index (χ1n) is 4.49. The maximum absolute atomic E-state index is 11.0. The van der Waals surface area contributed by atoms with E-state index in [1.807, 2.05) is 0 Å². The van der Waals surface area contributed by atoms with Crippen LogP contribution in [0.1, 0.15) is 18.0 Å². The van der Waals surface area contributed by atoms with E-state index in [2.05, 4.69) is 9.72 Å². The van der Waals surface area contributed by atoms with Crippen molar-refractivity contribution in [1.29, 1.82) is 0 Å². The minimum Gasteiger partial charge on any atom is -0.481 e. The molecule has 1 heterocycles. The Balaban J connectivity index is 0.00000225. The van der Waals surface area contributed by atoms with Gasteiger partial charge in [0.2, 0.25) is 5.88 Å². The molecule has 0 fully saturated rings. The highest BCUT2D eigenvalue weighted by Gasteiger charge is 2.12. The van der Waals surface area contributed by atoms with E-state index >= 15 is 0 Å². The maximum Gasteiger partial charge on any atom is 0.307 e. The van der Waals surface area contributed by atoms with Crippen LogP contribution in [0.2, 0.25) is 0 Å². The summed E-state index contributed by atoms with van der Waals surface area (Å²) in [5.41, 5.74) is 6.56. The predicted molar refractivity (Wildman–Crippen MR) is 61.6 cm³/mol. The van der Waals surface area contributed by atoms with Crippen LogP contribution in [-0.4, -0.2) is 25.2 Å². The molecule has 90 valence electrons. The van der Waals surface area contributed by atoms with Crippen LogP contribution >= 0.6 is 12.4 Å². The second-order valence-corrected chi connectivity index (χ2v) is 3.02. The third kappa shape index (κ3) is 4.04. The van der Waals surface area contributed by atoms with E-state index < -0.39 is 6.04 Å². The van der Waals surface area contributed by atoms with Crippen molar-refractivity contribution < 1.29 is 14.3 Å². The Bertz CT molecular complexity index is 329. The number of pyridine rings is 1. The average Bonchev–Trinajstić information content (AvgIpc) is 2.29. The van der Waals surface area contributed by atoms with E-state index in [1.54, 1.807) is 18.3 Å². The number of ether oxygens (including phenoxy) is 2.